The molecule has 5 heteroatoms. The van der Waals surface area contributed by atoms with Crippen molar-refractivity contribution in [2.75, 3.05) is 0 Å². The van der Waals surface area contributed by atoms with Crippen molar-refractivity contribution in [3.05, 3.63) is 48.3 Å². The minimum absolute atomic E-state index is 0.150. The summed E-state index contributed by atoms with van der Waals surface area (Å²) in [7, 11) is 0. The van der Waals surface area contributed by atoms with Crippen LogP contribution in [0, 0.1) is 13.8 Å². The lowest BCUT2D eigenvalue weighted by Crippen LogP contribution is -2.22. The summed E-state index contributed by atoms with van der Waals surface area (Å²) in [6.45, 7) is 10.2. The SMILES string of the molecule is Cc1cc(-c2nc(C(C)(C)C)c(Br)c(=O)[nH]2)cc(C)c1Br. The van der Waals surface area contributed by atoms with Gasteiger partial charge in [0.2, 0.25) is 0 Å². The fraction of sp³-hybridized carbons (Fsp3) is 0.375. The minimum Gasteiger partial charge on any atom is -0.306 e. The molecule has 21 heavy (non-hydrogen) atoms. The lowest BCUT2D eigenvalue weighted by molar-refractivity contribution is 0.562. The molecule has 2 aromatic rings. The minimum atomic E-state index is -0.207. The number of aromatic nitrogens is 2. The number of hydrogen-bond acceptors (Lipinski definition) is 2. The van der Waals surface area contributed by atoms with Crippen molar-refractivity contribution in [1.29, 1.82) is 0 Å². The molecule has 0 aliphatic heterocycles. The highest BCUT2D eigenvalue weighted by atomic mass is 79.9. The molecule has 0 radical (unpaired) electrons. The summed E-state index contributed by atoms with van der Waals surface area (Å²) in [5.41, 5.74) is 3.56. The van der Waals surface area contributed by atoms with Crippen LogP contribution in [0.15, 0.2) is 25.9 Å². The molecule has 0 aliphatic carbocycles. The fourth-order valence-electron chi connectivity index (χ4n) is 2.18. The quantitative estimate of drug-likeness (QED) is 0.724. The predicted octanol–water partition coefficient (Wildman–Crippen LogP) is 4.88. The third-order valence-electron chi connectivity index (χ3n) is 3.28. The maximum absolute atomic E-state index is 12.2. The molecule has 1 N–H and O–H groups in total. The second-order valence-electron chi connectivity index (χ2n) is 6.25. The summed E-state index contributed by atoms with van der Waals surface area (Å²) in [6.07, 6.45) is 0. The van der Waals surface area contributed by atoms with Crippen LogP contribution in [0.1, 0.15) is 37.6 Å². The van der Waals surface area contributed by atoms with Gasteiger partial charge in [-0.05, 0) is 53.0 Å². The van der Waals surface area contributed by atoms with Crippen molar-refractivity contribution < 1.29 is 0 Å². The zero-order valence-corrected chi connectivity index (χ0v) is 15.9. The monoisotopic (exact) mass is 412 g/mol. The molecule has 0 saturated heterocycles. The van der Waals surface area contributed by atoms with E-state index in [0.29, 0.717) is 10.3 Å². The molecule has 2 rings (SSSR count). The third kappa shape index (κ3) is 3.29. The van der Waals surface area contributed by atoms with Crippen molar-refractivity contribution in [2.45, 2.75) is 40.0 Å². The van der Waals surface area contributed by atoms with Crippen LogP contribution < -0.4 is 5.56 Å². The van der Waals surface area contributed by atoms with E-state index in [1.165, 1.54) is 0 Å². The first-order valence-electron chi connectivity index (χ1n) is 6.68. The van der Waals surface area contributed by atoms with E-state index in [9.17, 15) is 4.79 Å². The van der Waals surface area contributed by atoms with Crippen molar-refractivity contribution >= 4 is 31.9 Å². The Kier molecular flexibility index (Phi) is 4.45. The summed E-state index contributed by atoms with van der Waals surface area (Å²) in [6, 6.07) is 4.05. The Hall–Kier alpha value is -0.940. The van der Waals surface area contributed by atoms with E-state index >= 15 is 0 Å². The van der Waals surface area contributed by atoms with Gasteiger partial charge in [-0.2, -0.15) is 0 Å². The molecule has 0 spiro atoms. The molecule has 0 unspecified atom stereocenters. The van der Waals surface area contributed by atoms with Gasteiger partial charge in [0.05, 0.1) is 5.69 Å². The number of aryl methyl sites for hydroxylation is 2. The Morgan fingerprint density at radius 2 is 1.57 bits per heavy atom. The molecule has 1 heterocycles. The van der Waals surface area contributed by atoms with Crippen molar-refractivity contribution in [1.82, 2.24) is 9.97 Å². The summed E-state index contributed by atoms with van der Waals surface area (Å²) in [5, 5.41) is 0. The van der Waals surface area contributed by atoms with Crippen LogP contribution in [0.3, 0.4) is 0 Å². The van der Waals surface area contributed by atoms with Gasteiger partial charge < -0.3 is 4.98 Å². The number of nitrogens with one attached hydrogen (secondary N) is 1. The molecular weight excluding hydrogens is 396 g/mol. The van der Waals surface area contributed by atoms with Crippen LogP contribution in [-0.2, 0) is 5.41 Å². The number of aromatic amines is 1. The number of halogens is 2. The first-order valence-corrected chi connectivity index (χ1v) is 8.27. The van der Waals surface area contributed by atoms with Gasteiger partial charge in [0, 0.05) is 15.5 Å². The van der Waals surface area contributed by atoms with Crippen molar-refractivity contribution in [2.24, 2.45) is 0 Å². The number of benzene rings is 1. The van der Waals surface area contributed by atoms with Gasteiger partial charge in [-0.1, -0.05) is 36.7 Å². The highest BCUT2D eigenvalue weighted by Crippen LogP contribution is 2.30. The molecule has 0 atom stereocenters. The lowest BCUT2D eigenvalue weighted by atomic mass is 9.92. The van der Waals surface area contributed by atoms with Gasteiger partial charge in [0.25, 0.3) is 5.56 Å². The van der Waals surface area contributed by atoms with E-state index in [1.807, 2.05) is 46.8 Å². The summed E-state index contributed by atoms with van der Waals surface area (Å²) < 4.78 is 1.59. The number of hydrogen-bond donors (Lipinski definition) is 1. The van der Waals surface area contributed by atoms with Gasteiger partial charge in [0.15, 0.2) is 0 Å². The first kappa shape index (κ1) is 16.4. The van der Waals surface area contributed by atoms with Gasteiger partial charge >= 0.3 is 0 Å². The van der Waals surface area contributed by atoms with Gasteiger partial charge in [-0.3, -0.25) is 4.79 Å². The third-order valence-corrected chi connectivity index (χ3v) is 5.27. The van der Waals surface area contributed by atoms with E-state index in [1.54, 1.807) is 0 Å². The molecule has 0 fully saturated rings. The smallest absolute Gasteiger partial charge is 0.265 e. The van der Waals surface area contributed by atoms with Crippen LogP contribution in [0.4, 0.5) is 0 Å². The van der Waals surface area contributed by atoms with Gasteiger partial charge in [-0.25, -0.2) is 4.98 Å². The molecule has 3 nitrogen and oxygen atoms in total. The molecule has 0 amide bonds. The van der Waals surface area contributed by atoms with Crippen LogP contribution in [0.2, 0.25) is 0 Å². The standard InChI is InChI=1S/C16H18Br2N2O/c1-8-6-10(7-9(2)11(8)17)14-19-13(16(3,4)5)12(18)15(21)20-14/h6-7H,1-5H3,(H,19,20,21). The lowest BCUT2D eigenvalue weighted by Gasteiger charge is -2.20. The number of rotatable bonds is 1. The Labute approximate surface area is 141 Å². The Morgan fingerprint density at radius 1 is 1.05 bits per heavy atom. The Morgan fingerprint density at radius 3 is 2.05 bits per heavy atom. The summed E-state index contributed by atoms with van der Waals surface area (Å²) >= 11 is 6.91. The van der Waals surface area contributed by atoms with E-state index < -0.39 is 0 Å². The zero-order chi connectivity index (χ0) is 15.9. The normalized spacial score (nSPS) is 11.8. The van der Waals surface area contributed by atoms with Crippen LogP contribution in [-0.4, -0.2) is 9.97 Å². The molecule has 112 valence electrons. The average molecular weight is 414 g/mol. The van der Waals surface area contributed by atoms with Crippen LogP contribution in [0.5, 0.6) is 0 Å². The Bertz CT molecular complexity index is 735. The van der Waals surface area contributed by atoms with Crippen molar-refractivity contribution in [3.63, 3.8) is 0 Å². The van der Waals surface area contributed by atoms with Crippen LogP contribution in [0.25, 0.3) is 11.4 Å². The highest BCUT2D eigenvalue weighted by Gasteiger charge is 2.22. The van der Waals surface area contributed by atoms with E-state index in [2.05, 4.69) is 41.8 Å². The summed E-state index contributed by atoms with van der Waals surface area (Å²) in [5.74, 6) is 0.604. The van der Waals surface area contributed by atoms with Gasteiger partial charge in [-0.15, -0.1) is 0 Å². The second-order valence-corrected chi connectivity index (χ2v) is 7.84. The number of H-pyrrole nitrogens is 1. The molecule has 0 aliphatic rings. The van der Waals surface area contributed by atoms with E-state index in [4.69, 9.17) is 0 Å². The van der Waals surface area contributed by atoms with E-state index in [0.717, 1.165) is 26.9 Å². The molecule has 1 aromatic carbocycles. The predicted molar refractivity (Wildman–Crippen MR) is 93.9 cm³/mol. The fourth-order valence-corrected chi connectivity index (χ4v) is 3.19. The van der Waals surface area contributed by atoms with Crippen molar-refractivity contribution in [3.8, 4) is 11.4 Å². The van der Waals surface area contributed by atoms with Crippen LogP contribution >= 0.6 is 31.9 Å². The second kappa shape index (κ2) is 5.69. The molecule has 0 bridgehead atoms. The highest BCUT2D eigenvalue weighted by molar-refractivity contribution is 9.10. The topological polar surface area (TPSA) is 45.8 Å². The zero-order valence-electron chi connectivity index (χ0n) is 12.8. The molecule has 1 aromatic heterocycles. The maximum atomic E-state index is 12.2. The largest absolute Gasteiger partial charge is 0.306 e. The summed E-state index contributed by atoms with van der Waals surface area (Å²) in [4.78, 5) is 19.7. The number of nitrogens with zero attached hydrogens (tertiary/aromatic N) is 1. The first-order chi connectivity index (χ1) is 9.61. The maximum Gasteiger partial charge on any atom is 0.265 e. The molecular formula is C16H18Br2N2O. The molecule has 0 saturated carbocycles. The average Bonchev–Trinajstić information content (AvgIpc) is 2.37. The Balaban J connectivity index is 2.71. The van der Waals surface area contributed by atoms with Gasteiger partial charge in [0.1, 0.15) is 10.3 Å². The van der Waals surface area contributed by atoms with E-state index in [-0.39, 0.29) is 11.0 Å².